The van der Waals surface area contributed by atoms with Crippen LogP contribution in [0.3, 0.4) is 0 Å². The highest BCUT2D eigenvalue weighted by molar-refractivity contribution is 6.35. The van der Waals surface area contributed by atoms with Crippen LogP contribution in [0.1, 0.15) is 18.5 Å². The van der Waals surface area contributed by atoms with Gasteiger partial charge in [-0.1, -0.05) is 53.5 Å². The molecule has 0 saturated carbocycles. The van der Waals surface area contributed by atoms with Gasteiger partial charge in [0.05, 0.1) is 6.04 Å². The third-order valence-electron chi connectivity index (χ3n) is 2.77. The van der Waals surface area contributed by atoms with Crippen LogP contribution in [0.4, 0.5) is 10.5 Å². The molecule has 2 N–H and O–H groups in total. The van der Waals surface area contributed by atoms with Crippen LogP contribution in [-0.4, -0.2) is 6.03 Å². The Bertz CT molecular complexity index is 582. The lowest BCUT2D eigenvalue weighted by atomic mass is 10.1. The molecule has 0 aliphatic heterocycles. The van der Waals surface area contributed by atoms with Gasteiger partial charge in [0.2, 0.25) is 0 Å². The molecule has 104 valence electrons. The van der Waals surface area contributed by atoms with Crippen molar-refractivity contribution in [2.45, 2.75) is 13.0 Å². The second-order valence-corrected chi connectivity index (χ2v) is 5.26. The zero-order chi connectivity index (χ0) is 14.5. The van der Waals surface area contributed by atoms with E-state index in [1.807, 2.05) is 37.3 Å². The van der Waals surface area contributed by atoms with E-state index >= 15 is 0 Å². The highest BCUT2D eigenvalue weighted by Crippen LogP contribution is 2.22. The van der Waals surface area contributed by atoms with Crippen LogP contribution in [0.2, 0.25) is 10.0 Å². The summed E-state index contributed by atoms with van der Waals surface area (Å²) in [5.41, 5.74) is 1.59. The Morgan fingerprint density at radius 2 is 1.65 bits per heavy atom. The number of hydrogen-bond acceptors (Lipinski definition) is 1. The van der Waals surface area contributed by atoms with Gasteiger partial charge in [0.25, 0.3) is 0 Å². The molecule has 2 rings (SSSR count). The molecule has 5 heteroatoms. The Balaban J connectivity index is 1.99. The molecule has 0 saturated heterocycles. The highest BCUT2D eigenvalue weighted by Gasteiger charge is 2.09. The predicted octanol–water partition coefficient (Wildman–Crippen LogP) is 4.88. The maximum Gasteiger partial charge on any atom is 0.319 e. The third-order valence-corrected chi connectivity index (χ3v) is 3.20. The number of amides is 2. The Morgan fingerprint density at radius 1 is 1.05 bits per heavy atom. The maximum absolute atomic E-state index is 11.9. The number of carbonyl (C=O) groups is 1. The number of halogens is 2. The lowest BCUT2D eigenvalue weighted by Crippen LogP contribution is -2.31. The molecule has 2 amide bonds. The van der Waals surface area contributed by atoms with E-state index in [4.69, 9.17) is 23.2 Å². The number of carbonyl (C=O) groups excluding carboxylic acids is 1. The van der Waals surface area contributed by atoms with Gasteiger partial charge in [-0.15, -0.1) is 0 Å². The van der Waals surface area contributed by atoms with Crippen LogP contribution in [0, 0.1) is 0 Å². The summed E-state index contributed by atoms with van der Waals surface area (Å²) in [7, 11) is 0. The maximum atomic E-state index is 11.9. The summed E-state index contributed by atoms with van der Waals surface area (Å²) in [6.45, 7) is 1.92. The van der Waals surface area contributed by atoms with Crippen LogP contribution in [0.15, 0.2) is 48.5 Å². The van der Waals surface area contributed by atoms with Gasteiger partial charge in [-0.2, -0.15) is 0 Å². The average Bonchev–Trinajstić information content (AvgIpc) is 2.38. The second kappa shape index (κ2) is 6.64. The van der Waals surface area contributed by atoms with Crippen molar-refractivity contribution in [3.63, 3.8) is 0 Å². The van der Waals surface area contributed by atoms with Gasteiger partial charge in [-0.3, -0.25) is 0 Å². The van der Waals surface area contributed by atoms with E-state index in [1.54, 1.807) is 18.2 Å². The number of urea groups is 1. The van der Waals surface area contributed by atoms with Crippen LogP contribution in [-0.2, 0) is 0 Å². The summed E-state index contributed by atoms with van der Waals surface area (Å²) < 4.78 is 0. The molecule has 2 aromatic carbocycles. The third kappa shape index (κ3) is 4.15. The van der Waals surface area contributed by atoms with Gasteiger partial charge in [0.1, 0.15) is 0 Å². The first-order valence-corrected chi connectivity index (χ1v) is 6.89. The van der Waals surface area contributed by atoms with E-state index < -0.39 is 0 Å². The number of anilines is 1. The smallest absolute Gasteiger partial charge is 0.319 e. The molecule has 2 aromatic rings. The molecule has 0 aliphatic rings. The topological polar surface area (TPSA) is 41.1 Å². The molecule has 1 atom stereocenters. The van der Waals surface area contributed by atoms with Crippen molar-refractivity contribution in [3.8, 4) is 0 Å². The monoisotopic (exact) mass is 308 g/mol. The van der Waals surface area contributed by atoms with Crippen molar-refractivity contribution >= 4 is 34.9 Å². The fraction of sp³-hybridized carbons (Fsp3) is 0.133. The quantitative estimate of drug-likeness (QED) is 0.834. The van der Waals surface area contributed by atoms with Gasteiger partial charge in [0.15, 0.2) is 0 Å². The molecule has 0 radical (unpaired) electrons. The second-order valence-electron chi connectivity index (χ2n) is 4.39. The molecule has 0 aliphatic carbocycles. The molecular formula is C15H14Cl2N2O. The minimum absolute atomic E-state index is 0.0918. The fourth-order valence-corrected chi connectivity index (χ4v) is 2.34. The minimum Gasteiger partial charge on any atom is -0.331 e. The SMILES string of the molecule is C[C@@H](NC(=O)Nc1cc(Cl)cc(Cl)c1)c1ccccc1. The average molecular weight is 309 g/mol. The summed E-state index contributed by atoms with van der Waals surface area (Å²) in [6, 6.07) is 14.2. The number of hydrogen-bond donors (Lipinski definition) is 2. The summed E-state index contributed by atoms with van der Waals surface area (Å²) in [6.07, 6.45) is 0. The Labute approximate surface area is 127 Å². The first kappa shape index (κ1) is 14.7. The molecular weight excluding hydrogens is 295 g/mol. The van der Waals surface area contributed by atoms with Crippen molar-refractivity contribution in [1.29, 1.82) is 0 Å². The largest absolute Gasteiger partial charge is 0.331 e. The molecule has 0 heterocycles. The van der Waals surface area contributed by atoms with Gasteiger partial charge in [0, 0.05) is 15.7 Å². The van der Waals surface area contributed by atoms with E-state index in [0.29, 0.717) is 15.7 Å². The van der Waals surface area contributed by atoms with E-state index in [-0.39, 0.29) is 12.1 Å². The standard InChI is InChI=1S/C15H14Cl2N2O/c1-10(11-5-3-2-4-6-11)18-15(20)19-14-8-12(16)7-13(17)9-14/h2-10H,1H3,(H2,18,19,20)/t10-/m1/s1. The number of rotatable bonds is 3. The van der Waals surface area contributed by atoms with Crippen molar-refractivity contribution in [2.75, 3.05) is 5.32 Å². The molecule has 0 aromatic heterocycles. The summed E-state index contributed by atoms with van der Waals surface area (Å²) in [5.74, 6) is 0. The molecule has 0 unspecified atom stereocenters. The van der Waals surface area contributed by atoms with E-state index in [1.165, 1.54) is 0 Å². The van der Waals surface area contributed by atoms with Crippen LogP contribution in [0.5, 0.6) is 0 Å². The number of nitrogens with one attached hydrogen (secondary N) is 2. The fourth-order valence-electron chi connectivity index (χ4n) is 1.81. The van der Waals surface area contributed by atoms with E-state index in [2.05, 4.69) is 10.6 Å². The molecule has 0 bridgehead atoms. The molecule has 0 fully saturated rings. The summed E-state index contributed by atoms with van der Waals surface area (Å²) in [4.78, 5) is 11.9. The highest BCUT2D eigenvalue weighted by atomic mass is 35.5. The Morgan fingerprint density at radius 3 is 2.25 bits per heavy atom. The van der Waals surface area contributed by atoms with Gasteiger partial charge in [-0.05, 0) is 30.7 Å². The van der Waals surface area contributed by atoms with Crippen molar-refractivity contribution in [1.82, 2.24) is 5.32 Å². The first-order valence-electron chi connectivity index (χ1n) is 6.13. The van der Waals surface area contributed by atoms with E-state index in [9.17, 15) is 4.79 Å². The molecule has 20 heavy (non-hydrogen) atoms. The normalized spacial score (nSPS) is 11.8. The van der Waals surface area contributed by atoms with Crippen molar-refractivity contribution in [3.05, 3.63) is 64.1 Å². The zero-order valence-electron chi connectivity index (χ0n) is 10.9. The van der Waals surface area contributed by atoms with Crippen LogP contribution < -0.4 is 10.6 Å². The molecule has 0 spiro atoms. The van der Waals surface area contributed by atoms with Gasteiger partial charge < -0.3 is 10.6 Å². The van der Waals surface area contributed by atoms with Gasteiger partial charge >= 0.3 is 6.03 Å². The lowest BCUT2D eigenvalue weighted by molar-refractivity contribution is 0.249. The number of benzene rings is 2. The Kier molecular flexibility index (Phi) is 4.88. The van der Waals surface area contributed by atoms with Crippen LogP contribution in [0.25, 0.3) is 0 Å². The summed E-state index contributed by atoms with van der Waals surface area (Å²) in [5, 5.41) is 6.50. The van der Waals surface area contributed by atoms with Crippen LogP contribution >= 0.6 is 23.2 Å². The minimum atomic E-state index is -0.306. The summed E-state index contributed by atoms with van der Waals surface area (Å²) >= 11 is 11.8. The predicted molar refractivity (Wildman–Crippen MR) is 83.5 cm³/mol. The van der Waals surface area contributed by atoms with Crippen molar-refractivity contribution < 1.29 is 4.79 Å². The van der Waals surface area contributed by atoms with Gasteiger partial charge in [-0.25, -0.2) is 4.79 Å². The zero-order valence-corrected chi connectivity index (χ0v) is 12.4. The Hall–Kier alpha value is -1.71. The lowest BCUT2D eigenvalue weighted by Gasteiger charge is -2.15. The van der Waals surface area contributed by atoms with E-state index in [0.717, 1.165) is 5.56 Å². The first-order chi connectivity index (χ1) is 9.54. The van der Waals surface area contributed by atoms with Crippen molar-refractivity contribution in [2.24, 2.45) is 0 Å². The molecule has 3 nitrogen and oxygen atoms in total.